The molecule has 0 aliphatic rings. The molecule has 0 bridgehead atoms. The number of esters is 1. The van der Waals surface area contributed by atoms with Crippen molar-refractivity contribution < 1.29 is 14.1 Å². The van der Waals surface area contributed by atoms with E-state index in [0.29, 0.717) is 24.6 Å². The van der Waals surface area contributed by atoms with Crippen LogP contribution in [0, 0.1) is 0 Å². The maximum absolute atomic E-state index is 12.0. The van der Waals surface area contributed by atoms with Gasteiger partial charge in [0, 0.05) is 47.6 Å². The van der Waals surface area contributed by atoms with Crippen LogP contribution in [0.1, 0.15) is 17.9 Å². The maximum Gasteiger partial charge on any atom is 0.330 e. The second-order valence-corrected chi connectivity index (χ2v) is 6.28. The number of carbonyl (C=O) groups excluding carboxylic acids is 1. The molecule has 0 radical (unpaired) electrons. The highest BCUT2D eigenvalue weighted by molar-refractivity contribution is 5.92. The van der Waals surface area contributed by atoms with E-state index in [1.807, 2.05) is 42.5 Å². The third-order valence-electron chi connectivity index (χ3n) is 4.23. The minimum Gasteiger partial charge on any atom is -0.463 e. The highest BCUT2D eigenvalue weighted by atomic mass is 16.5. The molecule has 0 atom stereocenters. The molecule has 4 rings (SSSR count). The van der Waals surface area contributed by atoms with Crippen molar-refractivity contribution >= 4 is 22.9 Å². The van der Waals surface area contributed by atoms with Gasteiger partial charge < -0.3 is 9.26 Å². The van der Waals surface area contributed by atoms with Crippen molar-refractivity contribution in [3.8, 4) is 11.4 Å². The zero-order valence-electron chi connectivity index (χ0n) is 15.6. The first-order valence-electron chi connectivity index (χ1n) is 9.21. The molecule has 0 spiro atoms. The quantitative estimate of drug-likeness (QED) is 0.270. The van der Waals surface area contributed by atoms with Gasteiger partial charge in [0.2, 0.25) is 11.7 Å². The first kappa shape index (κ1) is 18.5. The van der Waals surface area contributed by atoms with Crippen molar-refractivity contribution in [3.63, 3.8) is 0 Å². The van der Waals surface area contributed by atoms with Crippen LogP contribution in [0.4, 0.5) is 0 Å². The van der Waals surface area contributed by atoms with E-state index in [-0.39, 0.29) is 6.61 Å². The fourth-order valence-electron chi connectivity index (χ4n) is 2.83. The average Bonchev–Trinajstić information content (AvgIpc) is 3.25. The molecule has 0 aliphatic carbocycles. The summed E-state index contributed by atoms with van der Waals surface area (Å²) in [5.41, 5.74) is 2.51. The van der Waals surface area contributed by atoms with Crippen molar-refractivity contribution in [2.45, 2.75) is 12.8 Å². The number of fused-ring (bicyclic) bond motifs is 1. The summed E-state index contributed by atoms with van der Waals surface area (Å²) in [6, 6.07) is 13.4. The SMILES string of the molecule is O=C(/C=C/c1cccc2cccnc12)OCCCc1nc(-c2cccnc2)no1. The lowest BCUT2D eigenvalue weighted by molar-refractivity contribution is -0.137. The summed E-state index contributed by atoms with van der Waals surface area (Å²) in [5.74, 6) is 0.591. The molecule has 1 aromatic carbocycles. The van der Waals surface area contributed by atoms with Gasteiger partial charge in [-0.15, -0.1) is 0 Å². The Morgan fingerprint density at radius 2 is 2.00 bits per heavy atom. The Bertz CT molecular complexity index is 1130. The first-order valence-corrected chi connectivity index (χ1v) is 9.21. The van der Waals surface area contributed by atoms with Crippen molar-refractivity contribution in [2.75, 3.05) is 6.61 Å². The number of ether oxygens (including phenoxy) is 1. The van der Waals surface area contributed by atoms with Crippen LogP contribution in [0.2, 0.25) is 0 Å². The Morgan fingerprint density at radius 1 is 1.10 bits per heavy atom. The van der Waals surface area contributed by atoms with Crippen LogP contribution >= 0.6 is 0 Å². The standard InChI is InChI=1S/C22H18N4O3/c27-20(11-10-17-6-1-5-16-7-3-13-24-21(16)17)28-14-4-9-19-25-22(26-29-19)18-8-2-12-23-15-18/h1-3,5-8,10-13,15H,4,9,14H2/b11-10+. The number of rotatable bonds is 7. The van der Waals surface area contributed by atoms with Gasteiger partial charge in [0.1, 0.15) is 0 Å². The van der Waals surface area contributed by atoms with E-state index < -0.39 is 5.97 Å². The monoisotopic (exact) mass is 386 g/mol. The maximum atomic E-state index is 12.0. The predicted molar refractivity (Wildman–Crippen MR) is 108 cm³/mol. The fraction of sp³-hybridized carbons (Fsp3) is 0.136. The largest absolute Gasteiger partial charge is 0.463 e. The molecule has 7 heteroatoms. The third-order valence-corrected chi connectivity index (χ3v) is 4.23. The van der Waals surface area contributed by atoms with Gasteiger partial charge in [0.15, 0.2) is 0 Å². The van der Waals surface area contributed by atoms with Crippen LogP contribution in [0.25, 0.3) is 28.4 Å². The number of carbonyl (C=O) groups is 1. The van der Waals surface area contributed by atoms with Crippen molar-refractivity contribution in [2.24, 2.45) is 0 Å². The minimum absolute atomic E-state index is 0.265. The summed E-state index contributed by atoms with van der Waals surface area (Å²) in [6.45, 7) is 0.265. The Morgan fingerprint density at radius 3 is 2.90 bits per heavy atom. The van der Waals surface area contributed by atoms with Gasteiger partial charge in [-0.25, -0.2) is 4.79 Å². The van der Waals surface area contributed by atoms with Crippen LogP contribution in [0.15, 0.2) is 71.7 Å². The zero-order valence-corrected chi connectivity index (χ0v) is 15.6. The Labute approximate surface area is 167 Å². The van der Waals surface area contributed by atoms with E-state index in [4.69, 9.17) is 9.26 Å². The third kappa shape index (κ3) is 4.70. The Hall–Kier alpha value is -3.87. The van der Waals surface area contributed by atoms with Gasteiger partial charge in [-0.2, -0.15) is 4.98 Å². The smallest absolute Gasteiger partial charge is 0.330 e. The number of hydrogen-bond donors (Lipinski definition) is 0. The molecule has 29 heavy (non-hydrogen) atoms. The summed E-state index contributed by atoms with van der Waals surface area (Å²) < 4.78 is 10.5. The summed E-state index contributed by atoms with van der Waals surface area (Å²) in [4.78, 5) is 24.7. The molecule has 3 aromatic heterocycles. The molecular formula is C22H18N4O3. The highest BCUT2D eigenvalue weighted by Gasteiger charge is 2.08. The Balaban J connectivity index is 1.26. The lowest BCUT2D eigenvalue weighted by Crippen LogP contribution is -2.03. The van der Waals surface area contributed by atoms with Gasteiger partial charge >= 0.3 is 5.97 Å². The van der Waals surface area contributed by atoms with E-state index >= 15 is 0 Å². The molecule has 0 aliphatic heterocycles. The highest BCUT2D eigenvalue weighted by Crippen LogP contribution is 2.17. The molecule has 0 saturated heterocycles. The van der Waals surface area contributed by atoms with E-state index in [2.05, 4.69) is 20.1 Å². The molecule has 0 unspecified atom stereocenters. The summed E-state index contributed by atoms with van der Waals surface area (Å²) in [7, 11) is 0. The molecule has 0 N–H and O–H groups in total. The van der Waals surface area contributed by atoms with Gasteiger partial charge in [-0.3, -0.25) is 9.97 Å². The molecule has 7 nitrogen and oxygen atoms in total. The van der Waals surface area contributed by atoms with E-state index in [1.54, 1.807) is 24.7 Å². The average molecular weight is 386 g/mol. The fourth-order valence-corrected chi connectivity index (χ4v) is 2.83. The second kappa shape index (κ2) is 8.88. The van der Waals surface area contributed by atoms with Gasteiger partial charge in [0.05, 0.1) is 12.1 Å². The van der Waals surface area contributed by atoms with E-state index in [0.717, 1.165) is 22.0 Å². The Kier molecular flexibility index (Phi) is 5.66. The van der Waals surface area contributed by atoms with Crippen LogP contribution < -0.4 is 0 Å². The normalized spacial score (nSPS) is 11.2. The van der Waals surface area contributed by atoms with E-state index in [9.17, 15) is 4.79 Å². The number of nitrogens with zero attached hydrogens (tertiary/aromatic N) is 4. The van der Waals surface area contributed by atoms with Crippen LogP contribution in [-0.4, -0.2) is 32.7 Å². The number of pyridine rings is 2. The first-order chi connectivity index (χ1) is 14.3. The molecule has 144 valence electrons. The summed E-state index contributed by atoms with van der Waals surface area (Å²) >= 11 is 0. The number of aryl methyl sites for hydroxylation is 1. The topological polar surface area (TPSA) is 91.0 Å². The van der Waals surface area contributed by atoms with Gasteiger partial charge in [-0.05, 0) is 30.7 Å². The molecule has 0 saturated carbocycles. The van der Waals surface area contributed by atoms with Crippen LogP contribution in [0.3, 0.4) is 0 Å². The van der Waals surface area contributed by atoms with Crippen LogP contribution in [-0.2, 0) is 16.0 Å². The van der Waals surface area contributed by atoms with Crippen LogP contribution in [0.5, 0.6) is 0 Å². The molecule has 0 amide bonds. The number of aromatic nitrogens is 4. The molecule has 4 aromatic rings. The lowest BCUT2D eigenvalue weighted by atomic mass is 10.1. The molecular weight excluding hydrogens is 368 g/mol. The zero-order chi connectivity index (χ0) is 19.9. The minimum atomic E-state index is -0.403. The van der Waals surface area contributed by atoms with Gasteiger partial charge in [0.25, 0.3) is 0 Å². The predicted octanol–water partition coefficient (Wildman–Crippen LogP) is 3.87. The van der Waals surface area contributed by atoms with E-state index in [1.165, 1.54) is 6.08 Å². The summed E-state index contributed by atoms with van der Waals surface area (Å²) in [6.07, 6.45) is 9.33. The summed E-state index contributed by atoms with van der Waals surface area (Å²) in [5, 5.41) is 4.96. The molecule has 0 fully saturated rings. The number of benzene rings is 1. The van der Waals surface area contributed by atoms with Crippen molar-refractivity contribution in [1.29, 1.82) is 0 Å². The molecule has 3 heterocycles. The van der Waals surface area contributed by atoms with Crippen molar-refractivity contribution in [3.05, 3.63) is 78.6 Å². The number of hydrogen-bond acceptors (Lipinski definition) is 7. The second-order valence-electron chi connectivity index (χ2n) is 6.28. The number of para-hydroxylation sites is 1. The van der Waals surface area contributed by atoms with Gasteiger partial charge in [-0.1, -0.05) is 29.4 Å². The lowest BCUT2D eigenvalue weighted by Gasteiger charge is -2.02. The van der Waals surface area contributed by atoms with Crippen molar-refractivity contribution in [1.82, 2.24) is 20.1 Å².